The number of rotatable bonds is 4. The fourth-order valence-electron chi connectivity index (χ4n) is 0.702. The van der Waals surface area contributed by atoms with Gasteiger partial charge in [0.2, 0.25) is 0 Å². The summed E-state index contributed by atoms with van der Waals surface area (Å²) in [5.41, 5.74) is -0.523. The van der Waals surface area contributed by atoms with E-state index in [1.165, 1.54) is 6.26 Å². The van der Waals surface area contributed by atoms with E-state index < -0.39 is 15.3 Å². The Bertz CT molecular complexity index is 284. The third-order valence-electron chi connectivity index (χ3n) is 1.50. The smallest absolute Gasteiger partial charge is 0.311 e. The molecule has 5 heteroatoms. The first-order chi connectivity index (χ1) is 6.13. The Kier molecular flexibility index (Phi) is 4.58. The molecule has 0 aliphatic carbocycles. The van der Waals surface area contributed by atoms with E-state index in [4.69, 9.17) is 4.74 Å². The third kappa shape index (κ3) is 6.88. The van der Waals surface area contributed by atoms with E-state index in [1.807, 2.05) is 0 Å². The van der Waals surface area contributed by atoms with Crippen LogP contribution >= 0.6 is 0 Å². The molecule has 0 unspecified atom stereocenters. The van der Waals surface area contributed by atoms with Crippen molar-refractivity contribution < 1.29 is 17.9 Å². The van der Waals surface area contributed by atoms with Gasteiger partial charge < -0.3 is 4.74 Å². The van der Waals surface area contributed by atoms with E-state index >= 15 is 0 Å². The summed E-state index contributed by atoms with van der Waals surface area (Å²) in [6.07, 6.45) is 1.53. The number of esters is 1. The maximum Gasteiger partial charge on any atom is 0.311 e. The van der Waals surface area contributed by atoms with Crippen molar-refractivity contribution in [2.75, 3.05) is 18.6 Å². The molecule has 0 rings (SSSR count). The highest BCUT2D eigenvalue weighted by atomic mass is 32.2. The molecule has 0 aliphatic rings. The minimum atomic E-state index is -2.95. The van der Waals surface area contributed by atoms with Crippen molar-refractivity contribution in [3.63, 3.8) is 0 Å². The Hall–Kier alpha value is -0.580. The molecular weight excluding hydrogens is 204 g/mol. The molecule has 84 valence electrons. The first-order valence-electron chi connectivity index (χ1n) is 4.48. The normalized spacial score (nSPS) is 12.6. The van der Waals surface area contributed by atoms with Gasteiger partial charge in [-0.05, 0) is 27.2 Å². The molecule has 0 amide bonds. The average Bonchev–Trinajstić information content (AvgIpc) is 1.93. The van der Waals surface area contributed by atoms with Crippen LogP contribution in [0, 0.1) is 5.41 Å². The summed E-state index contributed by atoms with van der Waals surface area (Å²) in [5.74, 6) is -0.240. The third-order valence-corrected chi connectivity index (χ3v) is 2.54. The van der Waals surface area contributed by atoms with Gasteiger partial charge >= 0.3 is 5.97 Å². The topological polar surface area (TPSA) is 60.4 Å². The van der Waals surface area contributed by atoms with Crippen molar-refractivity contribution in [3.05, 3.63) is 0 Å². The van der Waals surface area contributed by atoms with Crippen molar-refractivity contribution in [2.24, 2.45) is 5.41 Å². The number of carbonyl (C=O) groups excluding carboxylic acids is 1. The van der Waals surface area contributed by atoms with E-state index in [0.717, 1.165) is 0 Å². The zero-order chi connectivity index (χ0) is 11.4. The van der Waals surface area contributed by atoms with Gasteiger partial charge in [-0.3, -0.25) is 4.79 Å². The van der Waals surface area contributed by atoms with Crippen molar-refractivity contribution >= 4 is 15.8 Å². The van der Waals surface area contributed by atoms with Crippen molar-refractivity contribution in [2.45, 2.75) is 27.2 Å². The molecule has 0 atom stereocenters. The largest absolute Gasteiger partial charge is 0.465 e. The molecule has 0 aliphatic heterocycles. The van der Waals surface area contributed by atoms with Gasteiger partial charge in [0.15, 0.2) is 0 Å². The van der Waals surface area contributed by atoms with E-state index in [1.54, 1.807) is 20.8 Å². The van der Waals surface area contributed by atoms with Crippen LogP contribution in [0.2, 0.25) is 0 Å². The van der Waals surface area contributed by atoms with Crippen molar-refractivity contribution in [1.82, 2.24) is 0 Å². The minimum absolute atomic E-state index is 0.0599. The number of ether oxygens (including phenoxy) is 1. The van der Waals surface area contributed by atoms with Gasteiger partial charge in [0, 0.05) is 6.26 Å². The van der Waals surface area contributed by atoms with Gasteiger partial charge in [0.25, 0.3) is 0 Å². The Morgan fingerprint density at radius 2 is 1.79 bits per heavy atom. The Balaban J connectivity index is 3.72. The summed E-state index contributed by atoms with van der Waals surface area (Å²) in [7, 11) is -2.95. The number of hydrogen-bond donors (Lipinski definition) is 0. The van der Waals surface area contributed by atoms with Crippen LogP contribution in [0.1, 0.15) is 27.2 Å². The first-order valence-corrected chi connectivity index (χ1v) is 6.54. The summed E-state index contributed by atoms with van der Waals surface area (Å²) in [6, 6.07) is 0. The monoisotopic (exact) mass is 222 g/mol. The predicted octanol–water partition coefficient (Wildman–Crippen LogP) is 1.01. The number of carbonyl (C=O) groups is 1. The maximum atomic E-state index is 11.2. The molecule has 0 aromatic heterocycles. The van der Waals surface area contributed by atoms with Crippen LogP contribution in [-0.4, -0.2) is 33.0 Å². The molecule has 4 nitrogen and oxygen atoms in total. The number of sulfone groups is 1. The maximum absolute atomic E-state index is 11.2. The summed E-state index contributed by atoms with van der Waals surface area (Å²) in [4.78, 5) is 11.2. The molecule has 0 saturated carbocycles. The summed E-state index contributed by atoms with van der Waals surface area (Å²) < 4.78 is 26.4. The van der Waals surface area contributed by atoms with Crippen LogP contribution in [0.5, 0.6) is 0 Å². The molecule has 14 heavy (non-hydrogen) atoms. The molecule has 0 spiro atoms. The fourth-order valence-corrected chi connectivity index (χ4v) is 1.34. The highest BCUT2D eigenvalue weighted by Gasteiger charge is 2.22. The van der Waals surface area contributed by atoms with Crippen LogP contribution < -0.4 is 0 Å². The second-order valence-corrected chi connectivity index (χ2v) is 6.63. The molecule has 0 heterocycles. The quantitative estimate of drug-likeness (QED) is 0.526. The van der Waals surface area contributed by atoms with E-state index in [2.05, 4.69) is 0 Å². The molecule has 0 N–H and O–H groups in total. The minimum Gasteiger partial charge on any atom is -0.465 e. The average molecular weight is 222 g/mol. The lowest BCUT2D eigenvalue weighted by Crippen LogP contribution is -2.23. The highest BCUT2D eigenvalue weighted by molar-refractivity contribution is 7.90. The van der Waals surface area contributed by atoms with Crippen LogP contribution in [0.15, 0.2) is 0 Å². The molecule has 0 bridgehead atoms. The van der Waals surface area contributed by atoms with E-state index in [9.17, 15) is 13.2 Å². The van der Waals surface area contributed by atoms with Crippen LogP contribution in [-0.2, 0) is 19.4 Å². The fraction of sp³-hybridized carbons (Fsp3) is 0.889. The van der Waals surface area contributed by atoms with Crippen LogP contribution in [0.25, 0.3) is 0 Å². The molecular formula is C9H18O4S. The van der Waals surface area contributed by atoms with E-state index in [0.29, 0.717) is 6.42 Å². The van der Waals surface area contributed by atoms with Crippen LogP contribution in [0.4, 0.5) is 0 Å². The van der Waals surface area contributed by atoms with Gasteiger partial charge in [0.1, 0.15) is 9.84 Å². The molecule has 0 aromatic rings. The first kappa shape index (κ1) is 13.4. The predicted molar refractivity (Wildman–Crippen MR) is 54.7 cm³/mol. The van der Waals surface area contributed by atoms with Crippen molar-refractivity contribution in [1.29, 1.82) is 0 Å². The van der Waals surface area contributed by atoms with Gasteiger partial charge in [-0.1, -0.05) is 0 Å². The highest BCUT2D eigenvalue weighted by Crippen LogP contribution is 2.14. The van der Waals surface area contributed by atoms with Gasteiger partial charge in [-0.25, -0.2) is 8.42 Å². The lowest BCUT2D eigenvalue weighted by molar-refractivity contribution is -0.152. The Morgan fingerprint density at radius 1 is 1.29 bits per heavy atom. The second kappa shape index (κ2) is 4.77. The van der Waals surface area contributed by atoms with E-state index in [-0.39, 0.29) is 18.3 Å². The lowest BCUT2D eigenvalue weighted by Gasteiger charge is -2.16. The molecule has 0 aromatic carbocycles. The molecule has 0 radical (unpaired) electrons. The van der Waals surface area contributed by atoms with Gasteiger partial charge in [-0.2, -0.15) is 0 Å². The summed E-state index contributed by atoms with van der Waals surface area (Å²) >= 11 is 0. The van der Waals surface area contributed by atoms with Gasteiger partial charge in [0.05, 0.1) is 17.8 Å². The zero-order valence-electron chi connectivity index (χ0n) is 9.16. The molecule has 0 saturated heterocycles. The number of hydrogen-bond acceptors (Lipinski definition) is 4. The van der Waals surface area contributed by atoms with Crippen molar-refractivity contribution in [3.8, 4) is 0 Å². The second-order valence-electron chi connectivity index (χ2n) is 4.37. The molecule has 0 fully saturated rings. The van der Waals surface area contributed by atoms with Gasteiger partial charge in [-0.15, -0.1) is 0 Å². The SMILES string of the molecule is CC(C)(C)C(=O)OCCCS(C)(=O)=O. The lowest BCUT2D eigenvalue weighted by atomic mass is 9.97. The summed E-state index contributed by atoms with van der Waals surface area (Å²) in [5, 5.41) is 0. The standard InChI is InChI=1S/C9H18O4S/c1-9(2,3)8(10)13-6-5-7-14(4,11)12/h5-7H2,1-4H3. The Labute approximate surface area is 85.6 Å². The van der Waals surface area contributed by atoms with Crippen LogP contribution in [0.3, 0.4) is 0 Å². The zero-order valence-corrected chi connectivity index (χ0v) is 9.98. The Morgan fingerprint density at radius 3 is 2.14 bits per heavy atom. The summed E-state index contributed by atoms with van der Waals surface area (Å²) in [6.45, 7) is 5.44.